The molecule has 2 aromatic carbocycles. The lowest BCUT2D eigenvalue weighted by Crippen LogP contribution is -2.19. The number of fused-ring (bicyclic) bond motifs is 1. The van der Waals surface area contributed by atoms with Crippen molar-refractivity contribution in [1.29, 1.82) is 0 Å². The highest BCUT2D eigenvalue weighted by Gasteiger charge is 2.24. The van der Waals surface area contributed by atoms with Crippen molar-refractivity contribution in [3.63, 3.8) is 0 Å². The van der Waals surface area contributed by atoms with Crippen LogP contribution < -0.4 is 5.32 Å². The number of thiazole rings is 1. The van der Waals surface area contributed by atoms with E-state index >= 15 is 0 Å². The van der Waals surface area contributed by atoms with Crippen LogP contribution in [0.25, 0.3) is 26.0 Å². The summed E-state index contributed by atoms with van der Waals surface area (Å²) in [6.07, 6.45) is 1.82. The molecule has 5 rings (SSSR count). The number of aliphatic imine (C=N–C) groups is 1. The maximum atomic E-state index is 12.3. The minimum absolute atomic E-state index is 0.162. The Hall–Kier alpha value is -1.97. The van der Waals surface area contributed by atoms with Gasteiger partial charge in [-0.05, 0) is 59.3 Å². The van der Waals surface area contributed by atoms with E-state index in [-0.39, 0.29) is 5.91 Å². The maximum absolute atomic E-state index is 12.3. The highest BCUT2D eigenvalue weighted by Crippen LogP contribution is 2.40. The molecule has 0 atom stereocenters. The lowest BCUT2D eigenvalue weighted by Gasteiger charge is -1.96. The van der Waals surface area contributed by atoms with E-state index in [1.54, 1.807) is 23.5 Å². The lowest BCUT2D eigenvalue weighted by molar-refractivity contribution is -0.115. The standard InChI is InChI=1S/C21H11BrClN3OS3/c22-13-5-3-12(4-6-13)16-10-15-19(28-16)30-20(24-15)26-21-25-18(27)17(29-21)9-11-1-7-14(23)8-2-11/h1-10H,(H,24,25,26,27)/b17-9+. The molecule has 1 aliphatic rings. The van der Waals surface area contributed by atoms with Crippen LogP contribution >= 0.6 is 62.0 Å². The summed E-state index contributed by atoms with van der Waals surface area (Å²) in [6.45, 7) is 0. The van der Waals surface area contributed by atoms with Crippen LogP contribution in [0.1, 0.15) is 5.56 Å². The van der Waals surface area contributed by atoms with Crippen molar-refractivity contribution in [2.75, 3.05) is 0 Å². The summed E-state index contributed by atoms with van der Waals surface area (Å²) in [5.74, 6) is -0.162. The predicted molar refractivity (Wildman–Crippen MR) is 133 cm³/mol. The van der Waals surface area contributed by atoms with Gasteiger partial charge in [0.1, 0.15) is 4.01 Å². The number of nitrogens with zero attached hydrogens (tertiary/aromatic N) is 2. The average molecular weight is 533 g/mol. The predicted octanol–water partition coefficient (Wildman–Crippen LogP) is 7.33. The molecule has 4 aromatic rings. The Labute approximate surface area is 197 Å². The van der Waals surface area contributed by atoms with Gasteiger partial charge in [-0.1, -0.05) is 63.1 Å². The van der Waals surface area contributed by atoms with Crippen LogP contribution in [0.5, 0.6) is 0 Å². The van der Waals surface area contributed by atoms with Gasteiger partial charge in [0, 0.05) is 14.4 Å². The Kier molecular flexibility index (Phi) is 5.51. The SMILES string of the molecule is O=C1N/C(=N/c2nc3cc(-c4ccc(Br)cc4)sc3s2)S/C1=C/c1ccc(Cl)cc1. The second-order valence-corrected chi connectivity index (χ2v) is 11.0. The third-order valence-corrected chi connectivity index (χ3v) is 8.14. The van der Waals surface area contributed by atoms with E-state index in [0.717, 1.165) is 25.1 Å². The number of hydrogen-bond acceptors (Lipinski definition) is 6. The van der Waals surface area contributed by atoms with Gasteiger partial charge >= 0.3 is 0 Å². The molecule has 30 heavy (non-hydrogen) atoms. The highest BCUT2D eigenvalue weighted by molar-refractivity contribution is 9.10. The minimum atomic E-state index is -0.162. The van der Waals surface area contributed by atoms with Crippen LogP contribution in [0.15, 0.2) is 69.0 Å². The molecule has 1 fully saturated rings. The van der Waals surface area contributed by atoms with E-state index < -0.39 is 0 Å². The van der Waals surface area contributed by atoms with E-state index in [2.05, 4.69) is 49.4 Å². The van der Waals surface area contributed by atoms with Gasteiger partial charge in [-0.3, -0.25) is 4.79 Å². The molecule has 1 N–H and O–H groups in total. The molecule has 0 unspecified atom stereocenters. The van der Waals surface area contributed by atoms with Crippen LogP contribution in [0.3, 0.4) is 0 Å². The van der Waals surface area contributed by atoms with Crippen molar-refractivity contribution in [1.82, 2.24) is 10.3 Å². The molecule has 1 aliphatic heterocycles. The lowest BCUT2D eigenvalue weighted by atomic mass is 10.2. The van der Waals surface area contributed by atoms with Gasteiger partial charge in [0.25, 0.3) is 5.91 Å². The third kappa shape index (κ3) is 4.24. The van der Waals surface area contributed by atoms with Crippen LogP contribution in [-0.2, 0) is 4.79 Å². The number of hydrogen-bond donors (Lipinski definition) is 1. The molecular weight excluding hydrogens is 522 g/mol. The van der Waals surface area contributed by atoms with E-state index in [9.17, 15) is 4.79 Å². The fraction of sp³-hybridized carbons (Fsp3) is 0. The van der Waals surface area contributed by atoms with Crippen molar-refractivity contribution in [3.8, 4) is 10.4 Å². The second kappa shape index (κ2) is 8.28. The van der Waals surface area contributed by atoms with Crippen LogP contribution in [0, 0.1) is 0 Å². The largest absolute Gasteiger partial charge is 0.300 e. The maximum Gasteiger partial charge on any atom is 0.264 e. The first-order valence-corrected chi connectivity index (χ1v) is 12.4. The molecule has 1 saturated heterocycles. The number of aromatic nitrogens is 1. The molecule has 0 saturated carbocycles. The van der Waals surface area contributed by atoms with Crippen molar-refractivity contribution in [2.45, 2.75) is 0 Å². The number of thioether (sulfide) groups is 1. The van der Waals surface area contributed by atoms with Crippen molar-refractivity contribution >= 4 is 93.8 Å². The summed E-state index contributed by atoms with van der Waals surface area (Å²) in [5.41, 5.74) is 3.00. The molecule has 148 valence electrons. The quantitative estimate of drug-likeness (QED) is 0.281. The number of rotatable bonds is 3. The topological polar surface area (TPSA) is 54.4 Å². The minimum Gasteiger partial charge on any atom is -0.300 e. The Morgan fingerprint density at radius 1 is 1.07 bits per heavy atom. The summed E-state index contributed by atoms with van der Waals surface area (Å²) in [7, 11) is 0. The Bertz CT molecular complexity index is 1290. The number of nitrogens with one attached hydrogen (secondary N) is 1. The molecular formula is C21H11BrClN3OS3. The number of halogens is 2. The summed E-state index contributed by atoms with van der Waals surface area (Å²) in [5, 5.41) is 4.64. The van der Waals surface area contributed by atoms with Crippen molar-refractivity contribution in [3.05, 3.63) is 74.6 Å². The first kappa shape index (κ1) is 20.0. The summed E-state index contributed by atoms with van der Waals surface area (Å²) in [4.78, 5) is 23.2. The zero-order valence-corrected chi connectivity index (χ0v) is 19.8. The molecule has 0 spiro atoms. The zero-order valence-electron chi connectivity index (χ0n) is 15.1. The number of thiophene rings is 1. The first-order chi connectivity index (χ1) is 14.5. The molecule has 4 nitrogen and oxygen atoms in total. The zero-order chi connectivity index (χ0) is 20.7. The number of amides is 1. The molecule has 1 amide bonds. The van der Waals surface area contributed by atoms with Gasteiger partial charge in [-0.15, -0.1) is 11.3 Å². The highest BCUT2D eigenvalue weighted by atomic mass is 79.9. The van der Waals surface area contributed by atoms with Crippen LogP contribution in [0.2, 0.25) is 5.02 Å². The van der Waals surface area contributed by atoms with Gasteiger partial charge in [0.15, 0.2) is 5.17 Å². The monoisotopic (exact) mass is 531 g/mol. The Balaban J connectivity index is 1.37. The van der Waals surface area contributed by atoms with E-state index in [1.807, 2.05) is 30.3 Å². The van der Waals surface area contributed by atoms with Gasteiger partial charge in [-0.2, -0.15) is 4.99 Å². The normalized spacial score (nSPS) is 16.7. The van der Waals surface area contributed by atoms with E-state index in [4.69, 9.17) is 11.6 Å². The summed E-state index contributed by atoms with van der Waals surface area (Å²) in [6, 6.07) is 17.6. The van der Waals surface area contributed by atoms with Gasteiger partial charge in [0.05, 0.1) is 10.4 Å². The smallest absolute Gasteiger partial charge is 0.264 e. The first-order valence-electron chi connectivity index (χ1n) is 8.75. The Morgan fingerprint density at radius 3 is 2.57 bits per heavy atom. The van der Waals surface area contributed by atoms with Crippen molar-refractivity contribution in [2.24, 2.45) is 4.99 Å². The fourth-order valence-corrected chi connectivity index (χ4v) is 6.23. The molecule has 2 aromatic heterocycles. The molecule has 0 bridgehead atoms. The molecule has 9 heteroatoms. The number of benzene rings is 2. The summed E-state index contributed by atoms with van der Waals surface area (Å²) >= 11 is 13.9. The van der Waals surface area contributed by atoms with E-state index in [0.29, 0.717) is 20.2 Å². The number of carbonyl (C=O) groups is 1. The summed E-state index contributed by atoms with van der Waals surface area (Å²) < 4.78 is 2.17. The third-order valence-electron chi connectivity index (χ3n) is 4.22. The van der Waals surface area contributed by atoms with Gasteiger partial charge in [-0.25, -0.2) is 4.98 Å². The van der Waals surface area contributed by atoms with Crippen LogP contribution in [-0.4, -0.2) is 16.1 Å². The van der Waals surface area contributed by atoms with Crippen LogP contribution in [0.4, 0.5) is 5.13 Å². The average Bonchev–Trinajstić information content (AvgIpc) is 3.38. The van der Waals surface area contributed by atoms with Gasteiger partial charge < -0.3 is 5.32 Å². The fourth-order valence-electron chi connectivity index (χ4n) is 2.81. The van der Waals surface area contributed by atoms with Crippen molar-refractivity contribution < 1.29 is 4.79 Å². The molecule has 3 heterocycles. The molecule has 0 aliphatic carbocycles. The molecule has 0 radical (unpaired) electrons. The Morgan fingerprint density at radius 2 is 1.83 bits per heavy atom. The second-order valence-electron chi connectivity index (χ2n) is 6.32. The van der Waals surface area contributed by atoms with Gasteiger partial charge in [0.2, 0.25) is 5.13 Å². The number of amidine groups is 1. The number of carbonyl (C=O) groups excluding carboxylic acids is 1. The van der Waals surface area contributed by atoms with E-state index in [1.165, 1.54) is 28.0 Å².